The monoisotopic (exact) mass is 199 g/mol. The summed E-state index contributed by atoms with van der Waals surface area (Å²) in [7, 11) is 0. The van der Waals surface area contributed by atoms with Crippen LogP contribution in [0.25, 0.3) is 0 Å². The number of hydrogen-bond donors (Lipinski definition) is 1. The van der Waals surface area contributed by atoms with Gasteiger partial charge >= 0.3 is 6.18 Å². The van der Waals surface area contributed by atoms with Gasteiger partial charge in [-0.15, -0.1) is 0 Å². The highest BCUT2D eigenvalue weighted by atomic mass is 19.4. The van der Waals surface area contributed by atoms with Gasteiger partial charge < -0.3 is 10.5 Å². The number of halogens is 3. The van der Waals surface area contributed by atoms with Crippen molar-refractivity contribution < 1.29 is 17.9 Å². The SMILES string of the molecule is CC(C)(N)COCCCC(F)(F)F. The molecule has 5 heteroatoms. The number of hydrogen-bond acceptors (Lipinski definition) is 2. The molecule has 0 aromatic rings. The Labute approximate surface area is 76.2 Å². The van der Waals surface area contributed by atoms with Gasteiger partial charge in [-0.3, -0.25) is 0 Å². The molecule has 0 fully saturated rings. The van der Waals surface area contributed by atoms with E-state index in [0.29, 0.717) is 0 Å². The van der Waals surface area contributed by atoms with Crippen LogP contribution >= 0.6 is 0 Å². The molecule has 0 aliphatic heterocycles. The van der Waals surface area contributed by atoms with Crippen LogP contribution in [-0.2, 0) is 4.74 Å². The normalized spacial score (nSPS) is 13.4. The maximum atomic E-state index is 11.6. The third-order valence-electron chi connectivity index (χ3n) is 1.22. The van der Waals surface area contributed by atoms with E-state index in [1.54, 1.807) is 13.8 Å². The van der Waals surface area contributed by atoms with E-state index in [9.17, 15) is 13.2 Å². The fourth-order valence-electron chi connectivity index (χ4n) is 0.710. The lowest BCUT2D eigenvalue weighted by Crippen LogP contribution is -2.37. The van der Waals surface area contributed by atoms with Crippen LogP contribution in [0.15, 0.2) is 0 Å². The van der Waals surface area contributed by atoms with Crippen LogP contribution in [0.3, 0.4) is 0 Å². The van der Waals surface area contributed by atoms with Gasteiger partial charge in [0.15, 0.2) is 0 Å². The van der Waals surface area contributed by atoms with Crippen molar-refractivity contribution in [3.63, 3.8) is 0 Å². The highest BCUT2D eigenvalue weighted by Crippen LogP contribution is 2.21. The van der Waals surface area contributed by atoms with E-state index in [1.165, 1.54) is 0 Å². The first-order chi connectivity index (χ1) is 5.71. The van der Waals surface area contributed by atoms with Crippen molar-refractivity contribution in [2.24, 2.45) is 5.73 Å². The minimum absolute atomic E-state index is 0.000417. The van der Waals surface area contributed by atoms with E-state index in [-0.39, 0.29) is 19.6 Å². The van der Waals surface area contributed by atoms with Crippen molar-refractivity contribution in [1.82, 2.24) is 0 Å². The molecule has 0 radical (unpaired) electrons. The predicted octanol–water partition coefficient (Wildman–Crippen LogP) is 2.08. The molecule has 2 nitrogen and oxygen atoms in total. The minimum Gasteiger partial charge on any atom is -0.380 e. The summed E-state index contributed by atoms with van der Waals surface area (Å²) in [5.41, 5.74) is 5.08. The topological polar surface area (TPSA) is 35.2 Å². The highest BCUT2D eigenvalue weighted by molar-refractivity contribution is 4.69. The lowest BCUT2D eigenvalue weighted by Gasteiger charge is -2.18. The highest BCUT2D eigenvalue weighted by Gasteiger charge is 2.26. The number of nitrogens with two attached hydrogens (primary N) is 1. The summed E-state index contributed by atoms with van der Waals surface area (Å²) < 4.78 is 39.9. The largest absolute Gasteiger partial charge is 0.389 e. The second-order valence-corrected chi connectivity index (χ2v) is 3.76. The molecule has 0 unspecified atom stereocenters. The quantitative estimate of drug-likeness (QED) is 0.688. The van der Waals surface area contributed by atoms with E-state index < -0.39 is 18.1 Å². The number of ether oxygens (including phenoxy) is 1. The molecule has 0 aromatic carbocycles. The van der Waals surface area contributed by atoms with Crippen molar-refractivity contribution in [2.75, 3.05) is 13.2 Å². The smallest absolute Gasteiger partial charge is 0.380 e. The third kappa shape index (κ3) is 11.7. The summed E-state index contributed by atoms with van der Waals surface area (Å²) in [6, 6.07) is 0. The lowest BCUT2D eigenvalue weighted by molar-refractivity contribution is -0.138. The maximum Gasteiger partial charge on any atom is 0.389 e. The molecule has 0 atom stereocenters. The predicted molar refractivity (Wildman–Crippen MR) is 44.4 cm³/mol. The minimum atomic E-state index is -4.08. The zero-order valence-corrected chi connectivity index (χ0v) is 7.95. The Kier molecular flexibility index (Phi) is 4.70. The van der Waals surface area contributed by atoms with Gasteiger partial charge in [0, 0.05) is 18.6 Å². The van der Waals surface area contributed by atoms with Crippen LogP contribution in [0, 0.1) is 0 Å². The van der Waals surface area contributed by atoms with E-state index in [1.807, 2.05) is 0 Å². The molecule has 2 N–H and O–H groups in total. The first-order valence-electron chi connectivity index (χ1n) is 4.14. The first kappa shape index (κ1) is 12.7. The van der Waals surface area contributed by atoms with Gasteiger partial charge in [0.05, 0.1) is 6.61 Å². The Morgan fingerprint density at radius 2 is 1.77 bits per heavy atom. The van der Waals surface area contributed by atoms with Gasteiger partial charge in [-0.25, -0.2) is 0 Å². The van der Waals surface area contributed by atoms with Crippen LogP contribution in [-0.4, -0.2) is 24.9 Å². The van der Waals surface area contributed by atoms with Gasteiger partial charge in [0.25, 0.3) is 0 Å². The molecule has 0 aliphatic rings. The fourth-order valence-corrected chi connectivity index (χ4v) is 0.710. The number of alkyl halides is 3. The molecule has 0 aromatic heterocycles. The van der Waals surface area contributed by atoms with Gasteiger partial charge in [-0.05, 0) is 20.3 Å². The van der Waals surface area contributed by atoms with Crippen molar-refractivity contribution in [2.45, 2.75) is 38.4 Å². The second-order valence-electron chi connectivity index (χ2n) is 3.76. The summed E-state index contributed by atoms with van der Waals surface area (Å²) in [6.45, 7) is 3.92. The van der Waals surface area contributed by atoms with Crippen molar-refractivity contribution >= 4 is 0 Å². The fraction of sp³-hybridized carbons (Fsp3) is 1.00. The van der Waals surface area contributed by atoms with Gasteiger partial charge in [0.2, 0.25) is 0 Å². The molecular formula is C8H16F3NO. The Hall–Kier alpha value is -0.290. The zero-order chi connectivity index (χ0) is 10.5. The average molecular weight is 199 g/mol. The Balaban J connectivity index is 3.28. The molecular weight excluding hydrogens is 183 g/mol. The lowest BCUT2D eigenvalue weighted by atomic mass is 10.1. The van der Waals surface area contributed by atoms with Gasteiger partial charge in [0.1, 0.15) is 0 Å². The molecule has 0 saturated carbocycles. The summed E-state index contributed by atoms with van der Waals surface area (Å²) in [4.78, 5) is 0. The van der Waals surface area contributed by atoms with E-state index in [2.05, 4.69) is 0 Å². The molecule has 13 heavy (non-hydrogen) atoms. The van der Waals surface area contributed by atoms with Crippen LogP contribution < -0.4 is 5.73 Å². The molecule has 0 rings (SSSR count). The summed E-state index contributed by atoms with van der Waals surface area (Å²) in [5.74, 6) is 0. The number of rotatable bonds is 5. The van der Waals surface area contributed by atoms with Crippen LogP contribution in [0.4, 0.5) is 13.2 Å². The van der Waals surface area contributed by atoms with Crippen molar-refractivity contribution in [1.29, 1.82) is 0 Å². The summed E-state index contributed by atoms with van der Waals surface area (Å²) in [5, 5.41) is 0. The van der Waals surface area contributed by atoms with Gasteiger partial charge in [-0.1, -0.05) is 0 Å². The van der Waals surface area contributed by atoms with Crippen LogP contribution in [0.5, 0.6) is 0 Å². The zero-order valence-electron chi connectivity index (χ0n) is 7.95. The summed E-state index contributed by atoms with van der Waals surface area (Å²) in [6.07, 6.45) is -4.88. The standard InChI is InChI=1S/C8H16F3NO/c1-7(2,12)6-13-5-3-4-8(9,10)11/h3-6,12H2,1-2H3. The van der Waals surface area contributed by atoms with E-state index >= 15 is 0 Å². The molecule has 0 aliphatic carbocycles. The Morgan fingerprint density at radius 3 is 2.15 bits per heavy atom. The molecule has 0 heterocycles. The average Bonchev–Trinajstić information content (AvgIpc) is 1.81. The van der Waals surface area contributed by atoms with Crippen LogP contribution in [0.2, 0.25) is 0 Å². The Morgan fingerprint density at radius 1 is 1.23 bits per heavy atom. The van der Waals surface area contributed by atoms with Gasteiger partial charge in [-0.2, -0.15) is 13.2 Å². The maximum absolute atomic E-state index is 11.6. The molecule has 0 bridgehead atoms. The van der Waals surface area contributed by atoms with Crippen molar-refractivity contribution in [3.05, 3.63) is 0 Å². The van der Waals surface area contributed by atoms with E-state index in [4.69, 9.17) is 10.5 Å². The second kappa shape index (κ2) is 4.81. The van der Waals surface area contributed by atoms with Crippen molar-refractivity contribution in [3.8, 4) is 0 Å². The van der Waals surface area contributed by atoms with Crippen LogP contribution in [0.1, 0.15) is 26.7 Å². The van der Waals surface area contributed by atoms with E-state index in [0.717, 1.165) is 0 Å². The molecule has 0 spiro atoms. The molecule has 0 amide bonds. The Bertz CT molecular complexity index is 123. The summed E-state index contributed by atoms with van der Waals surface area (Å²) >= 11 is 0. The molecule has 80 valence electrons. The molecule has 0 saturated heterocycles. The third-order valence-corrected chi connectivity index (χ3v) is 1.22. The first-order valence-corrected chi connectivity index (χ1v) is 4.14.